The predicted molar refractivity (Wildman–Crippen MR) is 94.2 cm³/mol. The molecule has 118 valence electrons. The fraction of sp³-hybridized carbons (Fsp3) is 0.333. The first-order chi connectivity index (χ1) is 10.7. The summed E-state index contributed by atoms with van der Waals surface area (Å²) in [5.41, 5.74) is 9.21. The number of hydrogen-bond acceptors (Lipinski definition) is 6. The monoisotopic (exact) mass is 338 g/mol. The topological polar surface area (TPSA) is 72.5 Å². The van der Waals surface area contributed by atoms with Gasteiger partial charge in [-0.15, -0.1) is 11.3 Å². The molecule has 0 bridgehead atoms. The number of unbranched alkanes of at least 4 members (excludes halogenated alkanes) is 2. The molecular weight excluding hydrogens is 320 g/mol. The number of thiazole rings is 1. The minimum Gasteiger partial charge on any atom is -0.493 e. The Morgan fingerprint density at radius 2 is 2.32 bits per heavy atom. The van der Waals surface area contributed by atoms with Gasteiger partial charge in [-0.2, -0.15) is 5.10 Å². The van der Waals surface area contributed by atoms with Crippen LogP contribution in [0.25, 0.3) is 0 Å². The largest absolute Gasteiger partial charge is 0.493 e. The molecule has 0 aliphatic rings. The highest BCUT2D eigenvalue weighted by Crippen LogP contribution is 2.22. The summed E-state index contributed by atoms with van der Waals surface area (Å²) in [7, 11) is 0. The van der Waals surface area contributed by atoms with Gasteiger partial charge in [-0.3, -0.25) is 5.43 Å². The highest BCUT2D eigenvalue weighted by Gasteiger charge is 2.03. The van der Waals surface area contributed by atoms with Crippen LogP contribution < -0.4 is 15.9 Å². The lowest BCUT2D eigenvalue weighted by Crippen LogP contribution is -2.00. The molecule has 0 radical (unpaired) electrons. The van der Waals surface area contributed by atoms with Crippen LogP contribution in [0.15, 0.2) is 28.7 Å². The Bertz CT molecular complexity index is 630. The normalized spacial score (nSPS) is 11.0. The maximum absolute atomic E-state index is 6.04. The van der Waals surface area contributed by atoms with Gasteiger partial charge in [0.25, 0.3) is 0 Å². The number of rotatable bonds is 8. The maximum Gasteiger partial charge on any atom is 0.205 e. The molecule has 22 heavy (non-hydrogen) atoms. The van der Waals surface area contributed by atoms with Crippen LogP contribution in [0.1, 0.15) is 31.7 Å². The Labute approximate surface area is 139 Å². The molecule has 0 aliphatic heterocycles. The molecule has 2 rings (SSSR count). The summed E-state index contributed by atoms with van der Waals surface area (Å²) < 4.78 is 5.79. The molecule has 0 atom stereocenters. The van der Waals surface area contributed by atoms with Crippen molar-refractivity contribution in [1.82, 2.24) is 4.98 Å². The quantitative estimate of drug-likeness (QED) is 0.425. The lowest BCUT2D eigenvalue weighted by atomic mass is 10.2. The van der Waals surface area contributed by atoms with E-state index in [2.05, 4.69) is 22.4 Å². The summed E-state index contributed by atoms with van der Waals surface area (Å²) in [4.78, 5) is 4.07. The van der Waals surface area contributed by atoms with E-state index in [9.17, 15) is 0 Å². The SMILES string of the molecule is CCCCCOc1ccc(Cl)cc1C=NNc1nc(N)cs1. The highest BCUT2D eigenvalue weighted by atomic mass is 35.5. The lowest BCUT2D eigenvalue weighted by molar-refractivity contribution is 0.306. The molecule has 0 spiro atoms. The van der Waals surface area contributed by atoms with Gasteiger partial charge < -0.3 is 10.5 Å². The van der Waals surface area contributed by atoms with Crippen molar-refractivity contribution in [2.24, 2.45) is 5.10 Å². The van der Waals surface area contributed by atoms with Crippen molar-refractivity contribution in [2.75, 3.05) is 17.8 Å². The molecule has 1 aromatic heterocycles. The van der Waals surface area contributed by atoms with Crippen molar-refractivity contribution in [2.45, 2.75) is 26.2 Å². The molecule has 0 unspecified atom stereocenters. The van der Waals surface area contributed by atoms with Crippen molar-refractivity contribution in [3.63, 3.8) is 0 Å². The Hall–Kier alpha value is -1.79. The molecule has 0 fully saturated rings. The number of anilines is 2. The molecular formula is C15H19ClN4OS. The van der Waals surface area contributed by atoms with Gasteiger partial charge in [-0.25, -0.2) is 4.98 Å². The number of ether oxygens (including phenoxy) is 1. The highest BCUT2D eigenvalue weighted by molar-refractivity contribution is 7.14. The van der Waals surface area contributed by atoms with E-state index in [1.165, 1.54) is 17.8 Å². The van der Waals surface area contributed by atoms with Gasteiger partial charge in [-0.1, -0.05) is 31.4 Å². The van der Waals surface area contributed by atoms with E-state index >= 15 is 0 Å². The maximum atomic E-state index is 6.04. The fourth-order valence-corrected chi connectivity index (χ4v) is 2.51. The van der Waals surface area contributed by atoms with E-state index in [4.69, 9.17) is 22.1 Å². The number of aromatic nitrogens is 1. The Balaban J connectivity index is 1.99. The number of nitrogens with zero attached hydrogens (tertiary/aromatic N) is 2. The first kappa shape index (κ1) is 16.6. The van der Waals surface area contributed by atoms with Gasteiger partial charge in [0.1, 0.15) is 11.6 Å². The molecule has 0 saturated heterocycles. The van der Waals surface area contributed by atoms with E-state index in [1.807, 2.05) is 18.2 Å². The van der Waals surface area contributed by atoms with Gasteiger partial charge in [0.05, 0.1) is 12.8 Å². The minimum atomic E-state index is 0.477. The van der Waals surface area contributed by atoms with Crippen molar-refractivity contribution in [3.05, 3.63) is 34.2 Å². The molecule has 7 heteroatoms. The molecule has 1 heterocycles. The zero-order valence-corrected chi connectivity index (χ0v) is 14.0. The van der Waals surface area contributed by atoms with Crippen LogP contribution in [0.2, 0.25) is 5.02 Å². The molecule has 2 aromatic rings. The van der Waals surface area contributed by atoms with Gasteiger partial charge in [-0.05, 0) is 24.6 Å². The zero-order chi connectivity index (χ0) is 15.8. The Morgan fingerprint density at radius 1 is 1.45 bits per heavy atom. The third-order valence-electron chi connectivity index (χ3n) is 2.86. The second kappa shape index (κ2) is 8.60. The van der Waals surface area contributed by atoms with Crippen LogP contribution in [0, 0.1) is 0 Å². The Morgan fingerprint density at radius 3 is 3.05 bits per heavy atom. The summed E-state index contributed by atoms with van der Waals surface area (Å²) in [6.45, 7) is 2.85. The van der Waals surface area contributed by atoms with Gasteiger partial charge in [0.15, 0.2) is 0 Å². The number of nitrogens with two attached hydrogens (primary N) is 1. The van der Waals surface area contributed by atoms with Crippen molar-refractivity contribution in [3.8, 4) is 5.75 Å². The number of hydrazone groups is 1. The average molecular weight is 339 g/mol. The van der Waals surface area contributed by atoms with Gasteiger partial charge in [0.2, 0.25) is 5.13 Å². The number of nitrogens with one attached hydrogen (secondary N) is 1. The first-order valence-electron chi connectivity index (χ1n) is 7.11. The van der Waals surface area contributed by atoms with Crippen LogP contribution >= 0.6 is 22.9 Å². The first-order valence-corrected chi connectivity index (χ1v) is 8.37. The summed E-state index contributed by atoms with van der Waals surface area (Å²) in [6, 6.07) is 5.48. The summed E-state index contributed by atoms with van der Waals surface area (Å²) in [5.74, 6) is 1.25. The molecule has 0 saturated carbocycles. The summed E-state index contributed by atoms with van der Waals surface area (Å²) >= 11 is 7.43. The minimum absolute atomic E-state index is 0.477. The van der Waals surface area contributed by atoms with E-state index in [0.717, 1.165) is 24.2 Å². The number of benzene rings is 1. The molecule has 3 N–H and O–H groups in total. The number of halogens is 1. The number of hydrogen-bond donors (Lipinski definition) is 2. The lowest BCUT2D eigenvalue weighted by Gasteiger charge is -2.09. The third-order valence-corrected chi connectivity index (χ3v) is 3.86. The van der Waals surface area contributed by atoms with Crippen LogP contribution in [0.4, 0.5) is 10.9 Å². The molecule has 0 amide bonds. The van der Waals surface area contributed by atoms with Crippen molar-refractivity contribution >= 4 is 40.1 Å². The standard InChI is InChI=1S/C15H19ClN4OS/c1-2-3-4-7-21-13-6-5-12(16)8-11(13)9-18-20-15-19-14(17)10-22-15/h5-6,8-10H,2-4,7,17H2,1H3,(H,19,20). The second-order valence-electron chi connectivity index (χ2n) is 4.69. The fourth-order valence-electron chi connectivity index (χ4n) is 1.78. The average Bonchev–Trinajstić information content (AvgIpc) is 2.91. The summed E-state index contributed by atoms with van der Waals surface area (Å²) in [6.07, 6.45) is 5.02. The van der Waals surface area contributed by atoms with Gasteiger partial charge in [0, 0.05) is 16.0 Å². The van der Waals surface area contributed by atoms with Crippen molar-refractivity contribution in [1.29, 1.82) is 0 Å². The number of nitrogen functional groups attached to an aromatic ring is 1. The smallest absolute Gasteiger partial charge is 0.205 e. The van der Waals surface area contributed by atoms with Crippen molar-refractivity contribution < 1.29 is 4.74 Å². The zero-order valence-electron chi connectivity index (χ0n) is 12.4. The summed E-state index contributed by atoms with van der Waals surface area (Å²) in [5, 5.41) is 7.18. The van der Waals surface area contributed by atoms with Crippen LogP contribution in [0.5, 0.6) is 5.75 Å². The second-order valence-corrected chi connectivity index (χ2v) is 5.98. The molecule has 1 aromatic carbocycles. The molecule has 5 nitrogen and oxygen atoms in total. The van der Waals surface area contributed by atoms with Crippen LogP contribution in [-0.2, 0) is 0 Å². The third kappa shape index (κ3) is 5.20. The van der Waals surface area contributed by atoms with E-state index in [1.54, 1.807) is 11.6 Å². The Kier molecular flexibility index (Phi) is 6.48. The van der Waals surface area contributed by atoms with E-state index in [-0.39, 0.29) is 0 Å². The predicted octanol–water partition coefficient (Wildman–Crippen LogP) is 4.39. The van der Waals surface area contributed by atoms with Crippen LogP contribution in [0.3, 0.4) is 0 Å². The molecule has 0 aliphatic carbocycles. The van der Waals surface area contributed by atoms with E-state index in [0.29, 0.717) is 22.6 Å². The van der Waals surface area contributed by atoms with E-state index < -0.39 is 0 Å². The van der Waals surface area contributed by atoms with Crippen LogP contribution in [-0.4, -0.2) is 17.8 Å². The van der Waals surface area contributed by atoms with Gasteiger partial charge >= 0.3 is 0 Å².